The molecule has 0 saturated heterocycles. The molecule has 0 aliphatic carbocycles. The molecule has 2 rings (SSSR count). The monoisotopic (exact) mass is 325 g/mol. The third-order valence-electron chi connectivity index (χ3n) is 2.69. The Morgan fingerprint density at radius 3 is 2.81 bits per heavy atom. The number of ether oxygens (including phenoxy) is 1. The molecular weight excluding hydrogens is 313 g/mol. The number of carbonyl (C=O) groups is 1. The summed E-state index contributed by atoms with van der Waals surface area (Å²) in [5, 5.41) is 10.1. The Hall–Kier alpha value is -1.69. The lowest BCUT2D eigenvalue weighted by Crippen LogP contribution is -2.15. The second kappa shape index (κ2) is 7.36. The zero-order chi connectivity index (χ0) is 15.2. The number of aromatic nitrogens is 2. The van der Waals surface area contributed by atoms with Gasteiger partial charge in [-0.15, -0.1) is 10.2 Å². The highest BCUT2D eigenvalue weighted by Crippen LogP contribution is 2.20. The van der Waals surface area contributed by atoms with Gasteiger partial charge < -0.3 is 10.1 Å². The minimum atomic E-state index is -0.402. The Morgan fingerprint density at radius 2 is 2.05 bits per heavy atom. The topological polar surface area (TPSA) is 64.1 Å². The smallest absolute Gasteiger partial charge is 0.258 e. The number of halogens is 2. The number of carbonyl (C=O) groups excluding carboxylic acids is 1. The minimum absolute atomic E-state index is 0.000751. The molecule has 1 aromatic heterocycles. The Balaban J connectivity index is 2.21. The summed E-state index contributed by atoms with van der Waals surface area (Å²) in [7, 11) is 0. The number of rotatable bonds is 5. The molecule has 0 radical (unpaired) electrons. The molecule has 0 fully saturated rings. The molecule has 0 saturated carbocycles. The van der Waals surface area contributed by atoms with Crippen molar-refractivity contribution in [1.82, 2.24) is 10.2 Å². The summed E-state index contributed by atoms with van der Waals surface area (Å²) in [5.74, 6) is -0.402. The third kappa shape index (κ3) is 4.14. The molecule has 1 aromatic carbocycles. The number of nitrogens with one attached hydrogen (secondary N) is 1. The first-order valence-electron chi connectivity index (χ1n) is 6.27. The van der Waals surface area contributed by atoms with Crippen molar-refractivity contribution in [2.75, 3.05) is 11.9 Å². The highest BCUT2D eigenvalue weighted by Gasteiger charge is 2.14. The fourth-order valence-electron chi connectivity index (χ4n) is 1.68. The Labute approximate surface area is 132 Å². The van der Waals surface area contributed by atoms with Crippen molar-refractivity contribution in [2.45, 2.75) is 13.5 Å². The number of hydrogen-bond donors (Lipinski definition) is 1. The van der Waals surface area contributed by atoms with Crippen LogP contribution < -0.4 is 5.32 Å². The average Bonchev–Trinajstić information content (AvgIpc) is 2.48. The molecule has 21 heavy (non-hydrogen) atoms. The minimum Gasteiger partial charge on any atom is -0.377 e. The van der Waals surface area contributed by atoms with Crippen molar-refractivity contribution in [3.05, 3.63) is 51.8 Å². The molecule has 0 aliphatic heterocycles. The van der Waals surface area contributed by atoms with Gasteiger partial charge in [-0.2, -0.15) is 0 Å². The average molecular weight is 326 g/mol. The van der Waals surface area contributed by atoms with E-state index in [1.807, 2.05) is 25.1 Å². The normalized spacial score (nSPS) is 10.4. The first-order valence-corrected chi connectivity index (χ1v) is 7.03. The summed E-state index contributed by atoms with van der Waals surface area (Å²) in [4.78, 5) is 12.3. The van der Waals surface area contributed by atoms with Gasteiger partial charge in [-0.05, 0) is 19.1 Å². The van der Waals surface area contributed by atoms with E-state index in [0.717, 1.165) is 5.56 Å². The summed E-state index contributed by atoms with van der Waals surface area (Å²) in [6.45, 7) is 2.92. The van der Waals surface area contributed by atoms with Crippen LogP contribution in [0.5, 0.6) is 0 Å². The summed E-state index contributed by atoms with van der Waals surface area (Å²) >= 11 is 11.6. The van der Waals surface area contributed by atoms with Crippen molar-refractivity contribution >= 4 is 34.8 Å². The van der Waals surface area contributed by atoms with Crippen LogP contribution in [0.25, 0.3) is 0 Å². The number of amides is 1. The van der Waals surface area contributed by atoms with E-state index in [2.05, 4.69) is 15.5 Å². The molecular formula is C14H13Cl2N3O2. The fraction of sp³-hybridized carbons (Fsp3) is 0.214. The summed E-state index contributed by atoms with van der Waals surface area (Å²) in [6, 6.07) is 8.74. The lowest BCUT2D eigenvalue weighted by molar-refractivity contribution is 0.102. The van der Waals surface area contributed by atoms with E-state index in [-0.39, 0.29) is 15.9 Å². The number of para-hydroxylation sites is 1. The molecule has 7 heteroatoms. The van der Waals surface area contributed by atoms with Gasteiger partial charge in [0.15, 0.2) is 10.3 Å². The van der Waals surface area contributed by atoms with Crippen LogP contribution in [0.15, 0.2) is 30.3 Å². The van der Waals surface area contributed by atoms with Crippen molar-refractivity contribution in [2.24, 2.45) is 0 Å². The predicted molar refractivity (Wildman–Crippen MR) is 81.8 cm³/mol. The molecule has 1 N–H and O–H groups in total. The van der Waals surface area contributed by atoms with Crippen LogP contribution in [0.4, 0.5) is 5.69 Å². The zero-order valence-corrected chi connectivity index (χ0v) is 12.8. The number of anilines is 1. The fourth-order valence-corrected chi connectivity index (χ4v) is 2.01. The lowest BCUT2D eigenvalue weighted by atomic mass is 10.1. The molecule has 1 amide bonds. The van der Waals surface area contributed by atoms with Crippen LogP contribution in [-0.4, -0.2) is 22.7 Å². The highest BCUT2D eigenvalue weighted by atomic mass is 35.5. The standard InChI is InChI=1S/C14H13Cl2N3O2/c1-2-21-8-9-5-3-4-6-11(9)17-14(20)10-7-12(15)18-19-13(10)16/h3-7H,2,8H2,1H3,(H,17,20). The van der Waals surface area contributed by atoms with E-state index >= 15 is 0 Å². The van der Waals surface area contributed by atoms with Crippen LogP contribution >= 0.6 is 23.2 Å². The first kappa shape index (κ1) is 15.7. The summed E-state index contributed by atoms with van der Waals surface area (Å²) in [5.41, 5.74) is 1.69. The molecule has 2 aromatic rings. The molecule has 0 bridgehead atoms. The molecule has 0 unspecified atom stereocenters. The largest absolute Gasteiger partial charge is 0.377 e. The van der Waals surface area contributed by atoms with E-state index < -0.39 is 5.91 Å². The van der Waals surface area contributed by atoms with Crippen LogP contribution in [-0.2, 0) is 11.3 Å². The summed E-state index contributed by atoms with van der Waals surface area (Å²) < 4.78 is 5.37. The quantitative estimate of drug-likeness (QED) is 0.912. The maximum atomic E-state index is 12.3. The van der Waals surface area contributed by atoms with Crippen molar-refractivity contribution in [3.8, 4) is 0 Å². The van der Waals surface area contributed by atoms with Gasteiger partial charge in [0.25, 0.3) is 5.91 Å². The molecule has 0 spiro atoms. The predicted octanol–water partition coefficient (Wildman–Crippen LogP) is 3.57. The first-order chi connectivity index (χ1) is 10.1. The van der Waals surface area contributed by atoms with E-state index in [1.54, 1.807) is 6.07 Å². The zero-order valence-electron chi connectivity index (χ0n) is 11.3. The molecule has 5 nitrogen and oxygen atoms in total. The van der Waals surface area contributed by atoms with Crippen molar-refractivity contribution in [1.29, 1.82) is 0 Å². The van der Waals surface area contributed by atoms with Crippen LogP contribution in [0, 0.1) is 0 Å². The number of hydrogen-bond acceptors (Lipinski definition) is 4. The SMILES string of the molecule is CCOCc1ccccc1NC(=O)c1cc(Cl)nnc1Cl. The van der Waals surface area contributed by atoms with E-state index in [0.29, 0.717) is 18.9 Å². The Morgan fingerprint density at radius 1 is 1.29 bits per heavy atom. The van der Waals surface area contributed by atoms with Gasteiger partial charge >= 0.3 is 0 Å². The molecule has 1 heterocycles. The van der Waals surface area contributed by atoms with Crippen LogP contribution in [0.1, 0.15) is 22.8 Å². The van der Waals surface area contributed by atoms with Crippen LogP contribution in [0.3, 0.4) is 0 Å². The maximum absolute atomic E-state index is 12.3. The van der Waals surface area contributed by atoms with Crippen molar-refractivity contribution < 1.29 is 9.53 Å². The van der Waals surface area contributed by atoms with Gasteiger partial charge in [0.1, 0.15) is 0 Å². The second-order valence-corrected chi connectivity index (χ2v) is 4.87. The van der Waals surface area contributed by atoms with Crippen molar-refractivity contribution in [3.63, 3.8) is 0 Å². The maximum Gasteiger partial charge on any atom is 0.258 e. The van der Waals surface area contributed by atoms with Gasteiger partial charge in [-0.3, -0.25) is 4.79 Å². The van der Waals surface area contributed by atoms with Gasteiger partial charge in [-0.25, -0.2) is 0 Å². The van der Waals surface area contributed by atoms with E-state index in [9.17, 15) is 4.79 Å². The Bertz CT molecular complexity index is 650. The van der Waals surface area contributed by atoms with Gasteiger partial charge in [0, 0.05) is 17.9 Å². The lowest BCUT2D eigenvalue weighted by Gasteiger charge is -2.11. The molecule has 0 atom stereocenters. The molecule has 110 valence electrons. The van der Waals surface area contributed by atoms with Gasteiger partial charge in [-0.1, -0.05) is 41.4 Å². The van der Waals surface area contributed by atoms with E-state index in [4.69, 9.17) is 27.9 Å². The summed E-state index contributed by atoms with van der Waals surface area (Å²) in [6.07, 6.45) is 0. The highest BCUT2D eigenvalue weighted by molar-refractivity contribution is 6.34. The van der Waals surface area contributed by atoms with Crippen LogP contribution in [0.2, 0.25) is 10.3 Å². The van der Waals surface area contributed by atoms with Gasteiger partial charge in [0.2, 0.25) is 0 Å². The number of benzene rings is 1. The Kier molecular flexibility index (Phi) is 5.50. The van der Waals surface area contributed by atoms with E-state index in [1.165, 1.54) is 6.07 Å². The second-order valence-electron chi connectivity index (χ2n) is 4.12. The van der Waals surface area contributed by atoms with Gasteiger partial charge in [0.05, 0.1) is 12.2 Å². The number of nitrogens with zero attached hydrogens (tertiary/aromatic N) is 2. The molecule has 0 aliphatic rings. The third-order valence-corrected chi connectivity index (χ3v) is 3.15.